The van der Waals surface area contributed by atoms with E-state index < -0.39 is 71.9 Å². The third-order valence-electron chi connectivity index (χ3n) is 3.40. The molecule has 30 heavy (non-hydrogen) atoms. The third kappa shape index (κ3) is 4.83. The average molecular weight is 598 g/mol. The van der Waals surface area contributed by atoms with Gasteiger partial charge in [0.1, 0.15) is 0 Å². The van der Waals surface area contributed by atoms with Gasteiger partial charge in [-0.2, -0.15) is 65.9 Å². The number of ether oxygens (including phenoxy) is 1. The molecule has 0 aliphatic carbocycles. The zero-order chi connectivity index (χ0) is 24.6. The molecule has 18 heteroatoms. The van der Waals surface area contributed by atoms with Gasteiger partial charge in [0.05, 0.1) is 19.8 Å². The summed E-state index contributed by atoms with van der Waals surface area (Å²) >= 11 is 0.866. The summed E-state index contributed by atoms with van der Waals surface area (Å²) in [5, 5.41) is 8.35. The SMILES string of the molecule is OCCOCC(I)CC(F)(F)C(F)(F)C(F)(F)C(F)(F)C(F)(F)C(F)(F)C(F)(F)F. The smallest absolute Gasteiger partial charge is 0.394 e. The molecule has 0 bridgehead atoms. The Balaban J connectivity index is 6.11. The fraction of sp³-hybridized carbons (Fsp3) is 1.00. The molecular formula is C12H10F15IO2. The first-order valence-corrected chi connectivity index (χ1v) is 8.36. The first kappa shape index (κ1) is 29.6. The average Bonchev–Trinajstić information content (AvgIpc) is 2.52. The lowest BCUT2D eigenvalue weighted by atomic mass is 9.90. The van der Waals surface area contributed by atoms with Crippen molar-refractivity contribution in [1.82, 2.24) is 0 Å². The van der Waals surface area contributed by atoms with E-state index in [0.717, 1.165) is 22.6 Å². The van der Waals surface area contributed by atoms with Gasteiger partial charge in [0, 0.05) is 10.3 Å². The van der Waals surface area contributed by atoms with E-state index in [0.29, 0.717) is 0 Å². The fourth-order valence-corrected chi connectivity index (χ4v) is 2.55. The number of hydrogen-bond donors (Lipinski definition) is 1. The van der Waals surface area contributed by atoms with E-state index in [4.69, 9.17) is 5.11 Å². The molecule has 0 aliphatic rings. The van der Waals surface area contributed by atoms with Gasteiger partial charge >= 0.3 is 41.7 Å². The van der Waals surface area contributed by atoms with Crippen LogP contribution in [-0.4, -0.2) is 70.6 Å². The highest BCUT2D eigenvalue weighted by atomic mass is 127. The van der Waals surface area contributed by atoms with E-state index in [1.54, 1.807) is 0 Å². The van der Waals surface area contributed by atoms with Crippen molar-refractivity contribution in [3.63, 3.8) is 0 Å². The number of aliphatic hydroxyl groups excluding tert-OH is 1. The van der Waals surface area contributed by atoms with Gasteiger partial charge in [-0.3, -0.25) is 0 Å². The minimum Gasteiger partial charge on any atom is -0.394 e. The van der Waals surface area contributed by atoms with Gasteiger partial charge in [-0.05, 0) is 0 Å². The Bertz CT molecular complexity index is 574. The molecule has 1 N–H and O–H groups in total. The summed E-state index contributed by atoms with van der Waals surface area (Å²) in [4.78, 5) is 0. The summed E-state index contributed by atoms with van der Waals surface area (Å²) in [6, 6.07) is 0. The van der Waals surface area contributed by atoms with E-state index >= 15 is 0 Å². The monoisotopic (exact) mass is 598 g/mol. The Morgan fingerprint density at radius 3 is 1.37 bits per heavy atom. The minimum absolute atomic E-state index is 0.561. The largest absolute Gasteiger partial charge is 0.460 e. The van der Waals surface area contributed by atoms with Crippen LogP contribution in [0.4, 0.5) is 65.9 Å². The van der Waals surface area contributed by atoms with Crippen molar-refractivity contribution >= 4 is 22.6 Å². The zero-order valence-corrected chi connectivity index (χ0v) is 16.0. The molecule has 2 nitrogen and oxygen atoms in total. The molecule has 0 aromatic heterocycles. The molecule has 0 radical (unpaired) electrons. The van der Waals surface area contributed by atoms with Crippen molar-refractivity contribution in [3.05, 3.63) is 0 Å². The predicted molar refractivity (Wildman–Crippen MR) is 76.1 cm³/mol. The molecule has 1 atom stereocenters. The quantitative estimate of drug-likeness (QED) is 0.146. The second kappa shape index (κ2) is 8.86. The maximum Gasteiger partial charge on any atom is 0.460 e. The van der Waals surface area contributed by atoms with Crippen LogP contribution >= 0.6 is 22.6 Å². The van der Waals surface area contributed by atoms with Crippen LogP contribution in [0.15, 0.2) is 0 Å². The number of rotatable bonds is 11. The molecule has 0 saturated carbocycles. The van der Waals surface area contributed by atoms with E-state index in [2.05, 4.69) is 4.74 Å². The van der Waals surface area contributed by atoms with E-state index in [-0.39, 0.29) is 0 Å². The maximum absolute atomic E-state index is 13.6. The van der Waals surface area contributed by atoms with Crippen LogP contribution in [-0.2, 0) is 4.74 Å². The summed E-state index contributed by atoms with van der Waals surface area (Å²) in [5.41, 5.74) is 0. The normalized spacial score (nSPS) is 16.7. The molecule has 0 rings (SSSR count). The number of halogens is 16. The van der Waals surface area contributed by atoms with Crippen molar-refractivity contribution in [2.24, 2.45) is 0 Å². The van der Waals surface area contributed by atoms with Gasteiger partial charge < -0.3 is 9.84 Å². The van der Waals surface area contributed by atoms with Crippen LogP contribution in [0, 0.1) is 0 Å². The van der Waals surface area contributed by atoms with Crippen LogP contribution in [0.5, 0.6) is 0 Å². The van der Waals surface area contributed by atoms with Crippen LogP contribution in [0.25, 0.3) is 0 Å². The summed E-state index contributed by atoms with van der Waals surface area (Å²) in [5.74, 6) is -46.4. The molecule has 0 heterocycles. The topological polar surface area (TPSA) is 29.5 Å². The van der Waals surface area contributed by atoms with Gasteiger partial charge in [0.15, 0.2) is 0 Å². The Kier molecular flexibility index (Phi) is 8.74. The fourth-order valence-electron chi connectivity index (χ4n) is 1.74. The van der Waals surface area contributed by atoms with Gasteiger partial charge in [-0.25, -0.2) is 0 Å². The Morgan fingerprint density at radius 1 is 0.633 bits per heavy atom. The molecule has 182 valence electrons. The molecule has 0 aromatic carbocycles. The third-order valence-corrected chi connectivity index (χ3v) is 4.20. The van der Waals surface area contributed by atoms with Crippen LogP contribution in [0.3, 0.4) is 0 Å². The highest BCUT2D eigenvalue weighted by Crippen LogP contribution is 2.62. The molecule has 0 aromatic rings. The van der Waals surface area contributed by atoms with Gasteiger partial charge in [-0.15, -0.1) is 0 Å². The molecular weight excluding hydrogens is 588 g/mol. The summed E-state index contributed by atoms with van der Waals surface area (Å²) in [6.07, 6.45) is -10.1. The number of hydrogen-bond acceptors (Lipinski definition) is 2. The second-order valence-electron chi connectivity index (χ2n) is 5.67. The molecule has 0 amide bonds. The van der Waals surface area contributed by atoms with Crippen LogP contribution in [0.1, 0.15) is 6.42 Å². The molecule has 0 fully saturated rings. The first-order valence-electron chi connectivity index (χ1n) is 7.12. The molecule has 1 unspecified atom stereocenters. The van der Waals surface area contributed by atoms with Gasteiger partial charge in [0.25, 0.3) is 0 Å². The van der Waals surface area contributed by atoms with Crippen LogP contribution in [0.2, 0.25) is 0 Å². The van der Waals surface area contributed by atoms with Gasteiger partial charge in [-0.1, -0.05) is 22.6 Å². The highest BCUT2D eigenvalue weighted by molar-refractivity contribution is 14.1. The second-order valence-corrected chi connectivity index (χ2v) is 7.44. The number of aliphatic hydroxyl groups is 1. The standard InChI is InChI=1S/C12H10F15IO2/c13-6(14,3-5(28)4-30-2-1-29)7(15,16)8(17,18)9(19,20)10(21,22)11(23,24)12(25,26)27/h5,29H,1-4H2. The van der Waals surface area contributed by atoms with E-state index in [1.807, 2.05) is 0 Å². The summed E-state index contributed by atoms with van der Waals surface area (Å²) < 4.78 is 197. The van der Waals surface area contributed by atoms with Crippen LogP contribution < -0.4 is 0 Å². The van der Waals surface area contributed by atoms with Crippen molar-refractivity contribution in [2.75, 3.05) is 19.8 Å². The lowest BCUT2D eigenvalue weighted by molar-refractivity contribution is -0.452. The Morgan fingerprint density at radius 2 is 1.00 bits per heavy atom. The van der Waals surface area contributed by atoms with E-state index in [1.165, 1.54) is 0 Å². The van der Waals surface area contributed by atoms with Crippen molar-refractivity contribution in [3.8, 4) is 0 Å². The summed E-state index contributed by atoms with van der Waals surface area (Å²) in [7, 11) is 0. The zero-order valence-electron chi connectivity index (χ0n) is 13.8. The highest BCUT2D eigenvalue weighted by Gasteiger charge is 2.93. The molecule has 0 aliphatic heterocycles. The summed E-state index contributed by atoms with van der Waals surface area (Å²) in [6.45, 7) is -2.23. The first-order chi connectivity index (χ1) is 13.0. The van der Waals surface area contributed by atoms with Crippen molar-refractivity contribution < 1.29 is 75.7 Å². The predicted octanol–water partition coefficient (Wildman–Crippen LogP) is 5.56. The Hall–Kier alpha value is -0.400. The molecule has 0 saturated heterocycles. The van der Waals surface area contributed by atoms with Crippen molar-refractivity contribution in [1.29, 1.82) is 0 Å². The van der Waals surface area contributed by atoms with E-state index in [9.17, 15) is 65.9 Å². The lowest BCUT2D eigenvalue weighted by Gasteiger charge is -2.41. The number of alkyl halides is 16. The molecule has 0 spiro atoms. The van der Waals surface area contributed by atoms with Gasteiger partial charge in [0.2, 0.25) is 0 Å². The maximum atomic E-state index is 13.6. The Labute approximate surface area is 170 Å². The van der Waals surface area contributed by atoms with Crippen molar-refractivity contribution in [2.45, 2.75) is 52.1 Å². The lowest BCUT2D eigenvalue weighted by Crippen LogP contribution is -2.72. The minimum atomic E-state index is -8.28.